The van der Waals surface area contributed by atoms with Crippen molar-refractivity contribution in [2.24, 2.45) is 0 Å². The molecule has 1 aliphatic heterocycles. The molecule has 1 amide bonds. The molecule has 10 heavy (non-hydrogen) atoms. The lowest BCUT2D eigenvalue weighted by Crippen LogP contribution is -2.37. The smallest absolute Gasteiger partial charge is 0.209 e. The van der Waals surface area contributed by atoms with E-state index >= 15 is 0 Å². The third-order valence-corrected chi connectivity index (χ3v) is 3.23. The van der Waals surface area contributed by atoms with E-state index in [1.165, 1.54) is 0 Å². The molecule has 1 heterocycles. The number of carbonyl (C=O) groups excluding carboxylic acids is 1. The van der Waals surface area contributed by atoms with Gasteiger partial charge in [-0.3, -0.25) is 13.9 Å². The van der Waals surface area contributed by atoms with Crippen LogP contribution in [-0.4, -0.2) is 45.0 Å². The molecule has 5 heteroatoms. The molecule has 0 unspecified atom stereocenters. The molecule has 1 saturated heterocycles. The summed E-state index contributed by atoms with van der Waals surface area (Å²) in [5, 5.41) is 0. The van der Waals surface area contributed by atoms with Gasteiger partial charge in [-0.1, -0.05) is 0 Å². The zero-order valence-electron chi connectivity index (χ0n) is 5.56. The first kappa shape index (κ1) is 7.84. The summed E-state index contributed by atoms with van der Waals surface area (Å²) in [6.07, 6.45) is 0.745. The van der Waals surface area contributed by atoms with E-state index in [2.05, 4.69) is 0 Å². The summed E-state index contributed by atoms with van der Waals surface area (Å²) < 4.78 is 18.2. The van der Waals surface area contributed by atoms with Crippen molar-refractivity contribution in [3.8, 4) is 0 Å². The normalized spacial score (nSPS) is 27.6. The lowest BCUT2D eigenvalue weighted by atomic mass is 10.5. The van der Waals surface area contributed by atoms with Crippen LogP contribution in [0.5, 0.6) is 0 Å². The van der Waals surface area contributed by atoms with Gasteiger partial charge >= 0.3 is 0 Å². The average molecular weight is 165 g/mol. The van der Waals surface area contributed by atoms with Crippen molar-refractivity contribution < 1.29 is 13.9 Å². The second-order valence-corrected chi connectivity index (χ2v) is 4.77. The van der Waals surface area contributed by atoms with E-state index in [4.69, 9.17) is 9.11 Å². The Morgan fingerprint density at radius 1 is 1.30 bits per heavy atom. The van der Waals surface area contributed by atoms with Crippen molar-refractivity contribution in [3.63, 3.8) is 0 Å². The topological polar surface area (TPSA) is 60.8 Å². The van der Waals surface area contributed by atoms with Gasteiger partial charge in [-0.25, -0.2) is 0 Å². The SMILES string of the molecule is O=CN1CCS(O)(O)CC1. The van der Waals surface area contributed by atoms with Gasteiger partial charge in [0.15, 0.2) is 0 Å². The Morgan fingerprint density at radius 2 is 1.80 bits per heavy atom. The Morgan fingerprint density at radius 3 is 2.20 bits per heavy atom. The standard InChI is InChI=1S/C5H11NO3S/c7-5-6-1-3-10(8,9)4-2-6/h5,8-9H,1-4H2. The Balaban J connectivity index is 2.38. The molecule has 0 radical (unpaired) electrons. The van der Waals surface area contributed by atoms with Gasteiger partial charge in [-0.2, -0.15) is 10.6 Å². The molecule has 60 valence electrons. The molecule has 0 spiro atoms. The van der Waals surface area contributed by atoms with Crippen molar-refractivity contribution in [2.45, 2.75) is 0 Å². The maximum atomic E-state index is 10.1. The molecular weight excluding hydrogens is 154 g/mol. The quantitative estimate of drug-likeness (QED) is 0.546. The third-order valence-electron chi connectivity index (χ3n) is 1.56. The molecule has 1 aliphatic rings. The Hall–Kier alpha value is -0.260. The highest BCUT2D eigenvalue weighted by Gasteiger charge is 2.20. The van der Waals surface area contributed by atoms with Crippen LogP contribution in [0.25, 0.3) is 0 Å². The monoisotopic (exact) mass is 165 g/mol. The maximum Gasteiger partial charge on any atom is 0.209 e. The van der Waals surface area contributed by atoms with E-state index in [1.54, 1.807) is 4.90 Å². The summed E-state index contributed by atoms with van der Waals surface area (Å²) in [6, 6.07) is 0. The van der Waals surface area contributed by atoms with E-state index in [0.29, 0.717) is 24.6 Å². The van der Waals surface area contributed by atoms with Gasteiger partial charge in [0.25, 0.3) is 0 Å². The van der Waals surface area contributed by atoms with Gasteiger partial charge in [0.05, 0.1) is 11.5 Å². The molecule has 1 fully saturated rings. The fraction of sp³-hybridized carbons (Fsp3) is 0.800. The number of carbonyl (C=O) groups is 1. The highest BCUT2D eigenvalue weighted by atomic mass is 32.3. The fourth-order valence-corrected chi connectivity index (χ4v) is 2.10. The Bertz CT molecular complexity index is 129. The van der Waals surface area contributed by atoms with Crippen LogP contribution in [0.1, 0.15) is 0 Å². The van der Waals surface area contributed by atoms with Crippen LogP contribution in [0.15, 0.2) is 0 Å². The zero-order chi connectivity index (χ0) is 7.61. The first-order valence-corrected chi connectivity index (χ1v) is 4.95. The molecule has 0 aromatic carbocycles. The molecule has 0 aromatic rings. The minimum absolute atomic E-state index is 0.339. The van der Waals surface area contributed by atoms with Gasteiger partial charge in [0.1, 0.15) is 0 Å². The minimum Gasteiger partial charge on any atom is -0.342 e. The van der Waals surface area contributed by atoms with Gasteiger partial charge in [0.2, 0.25) is 6.41 Å². The van der Waals surface area contributed by atoms with Crippen molar-refractivity contribution in [3.05, 3.63) is 0 Å². The number of nitrogens with zero attached hydrogens (tertiary/aromatic N) is 1. The summed E-state index contributed by atoms with van der Waals surface area (Å²) in [7, 11) is -2.33. The van der Waals surface area contributed by atoms with E-state index in [9.17, 15) is 4.79 Å². The zero-order valence-corrected chi connectivity index (χ0v) is 6.38. The summed E-state index contributed by atoms with van der Waals surface area (Å²) in [4.78, 5) is 11.7. The summed E-state index contributed by atoms with van der Waals surface area (Å²) >= 11 is 0. The van der Waals surface area contributed by atoms with Crippen LogP contribution in [0.4, 0.5) is 0 Å². The first-order valence-electron chi connectivity index (χ1n) is 3.07. The predicted octanol–water partition coefficient (Wildman–Crippen LogP) is 0.209. The van der Waals surface area contributed by atoms with Crippen molar-refractivity contribution in [1.82, 2.24) is 4.90 Å². The van der Waals surface area contributed by atoms with Crippen LogP contribution in [0.3, 0.4) is 0 Å². The Labute approximate surface area is 61.2 Å². The van der Waals surface area contributed by atoms with E-state index in [0.717, 1.165) is 6.41 Å². The molecule has 1 rings (SSSR count). The fourth-order valence-electron chi connectivity index (χ4n) is 0.846. The van der Waals surface area contributed by atoms with Crippen LogP contribution < -0.4 is 0 Å². The third kappa shape index (κ3) is 1.86. The van der Waals surface area contributed by atoms with E-state index < -0.39 is 10.6 Å². The second kappa shape index (κ2) is 2.77. The summed E-state index contributed by atoms with van der Waals surface area (Å²) in [6.45, 7) is 0.956. The highest BCUT2D eigenvalue weighted by Crippen LogP contribution is 2.39. The van der Waals surface area contributed by atoms with Crippen LogP contribution in [-0.2, 0) is 4.79 Å². The number of hydrogen-bond acceptors (Lipinski definition) is 3. The molecule has 0 aromatic heterocycles. The van der Waals surface area contributed by atoms with Gasteiger partial charge in [0, 0.05) is 13.1 Å². The molecule has 4 nitrogen and oxygen atoms in total. The minimum atomic E-state index is -2.33. The molecule has 2 N–H and O–H groups in total. The van der Waals surface area contributed by atoms with Crippen LogP contribution in [0.2, 0.25) is 0 Å². The summed E-state index contributed by atoms with van der Waals surface area (Å²) in [5.74, 6) is 0.678. The largest absolute Gasteiger partial charge is 0.342 e. The summed E-state index contributed by atoms with van der Waals surface area (Å²) in [5.41, 5.74) is 0. The van der Waals surface area contributed by atoms with E-state index in [-0.39, 0.29) is 0 Å². The van der Waals surface area contributed by atoms with Gasteiger partial charge in [-0.05, 0) is 0 Å². The van der Waals surface area contributed by atoms with Gasteiger partial charge in [-0.15, -0.1) is 0 Å². The Kier molecular flexibility index (Phi) is 2.18. The van der Waals surface area contributed by atoms with E-state index in [1.807, 2.05) is 0 Å². The molecule has 0 aliphatic carbocycles. The molecule has 0 bridgehead atoms. The predicted molar refractivity (Wildman–Crippen MR) is 40.2 cm³/mol. The first-order chi connectivity index (χ1) is 4.64. The maximum absolute atomic E-state index is 10.1. The highest BCUT2D eigenvalue weighted by molar-refractivity contribution is 8.24. The molecule has 0 atom stereocenters. The van der Waals surface area contributed by atoms with Crippen molar-refractivity contribution >= 4 is 17.0 Å². The van der Waals surface area contributed by atoms with Gasteiger partial charge < -0.3 is 4.90 Å². The number of rotatable bonds is 1. The van der Waals surface area contributed by atoms with Crippen molar-refractivity contribution in [1.29, 1.82) is 0 Å². The van der Waals surface area contributed by atoms with Crippen molar-refractivity contribution in [2.75, 3.05) is 24.6 Å². The number of hydrogen-bond donors (Lipinski definition) is 2. The van der Waals surface area contributed by atoms with Crippen LogP contribution in [0, 0.1) is 0 Å². The second-order valence-electron chi connectivity index (χ2n) is 2.35. The van der Waals surface area contributed by atoms with Crippen LogP contribution >= 0.6 is 10.6 Å². The molecular formula is C5H11NO3S. The molecule has 0 saturated carbocycles. The lowest BCUT2D eigenvalue weighted by molar-refractivity contribution is -0.117. The number of amides is 1. The average Bonchev–Trinajstić information content (AvgIpc) is 1.88. The lowest BCUT2D eigenvalue weighted by Gasteiger charge is -2.39.